The minimum atomic E-state index is -0.428. The van der Waals surface area contributed by atoms with Gasteiger partial charge in [0.25, 0.3) is 0 Å². The third-order valence-electron chi connectivity index (χ3n) is 4.03. The molecule has 1 fully saturated rings. The second-order valence-electron chi connectivity index (χ2n) is 7.45. The molecule has 1 aliphatic rings. The van der Waals surface area contributed by atoms with Crippen LogP contribution in [0.1, 0.15) is 33.5 Å². The Bertz CT molecular complexity index is 488. The van der Waals surface area contributed by atoms with Crippen LogP contribution in [0.4, 0.5) is 4.79 Å². The summed E-state index contributed by atoms with van der Waals surface area (Å²) < 4.78 is 10.8. The zero-order valence-electron chi connectivity index (χ0n) is 15.4. The lowest BCUT2D eigenvalue weighted by Gasteiger charge is -2.35. The maximum atomic E-state index is 12.0. The molecule has 1 unspecified atom stereocenters. The van der Waals surface area contributed by atoms with Gasteiger partial charge in [0.05, 0.1) is 6.26 Å². The smallest absolute Gasteiger partial charge is 0.410 e. The molecule has 1 N–H and O–H groups in total. The Morgan fingerprint density at radius 2 is 2.04 bits per heavy atom. The van der Waals surface area contributed by atoms with Crippen molar-refractivity contribution in [2.24, 2.45) is 0 Å². The van der Waals surface area contributed by atoms with E-state index in [0.29, 0.717) is 6.04 Å². The molecular formula is C18H31N3O3. The molecule has 0 radical (unpaired) electrons. The van der Waals surface area contributed by atoms with E-state index >= 15 is 0 Å². The third-order valence-corrected chi connectivity index (χ3v) is 4.03. The summed E-state index contributed by atoms with van der Waals surface area (Å²) in [6.45, 7) is 13.1. The zero-order chi connectivity index (χ0) is 17.6. The number of carbonyl (C=O) groups is 1. The number of nitrogens with one attached hydrogen (secondary N) is 1. The quantitative estimate of drug-likeness (QED) is 0.863. The molecule has 1 aliphatic heterocycles. The molecule has 1 saturated heterocycles. The fourth-order valence-electron chi connectivity index (χ4n) is 2.75. The number of furan rings is 1. The topological polar surface area (TPSA) is 58.0 Å². The minimum Gasteiger partial charge on any atom is -0.469 e. The number of nitrogens with zero attached hydrogens (tertiary/aromatic N) is 2. The molecule has 6 heteroatoms. The monoisotopic (exact) mass is 337 g/mol. The fourth-order valence-corrected chi connectivity index (χ4v) is 2.75. The van der Waals surface area contributed by atoms with Gasteiger partial charge in [0.2, 0.25) is 0 Å². The van der Waals surface area contributed by atoms with Crippen molar-refractivity contribution in [3.05, 3.63) is 24.2 Å². The molecular weight excluding hydrogens is 306 g/mol. The van der Waals surface area contributed by atoms with Gasteiger partial charge in [0.15, 0.2) is 0 Å². The van der Waals surface area contributed by atoms with Crippen molar-refractivity contribution in [2.45, 2.75) is 45.8 Å². The Kier molecular flexibility index (Phi) is 6.69. The molecule has 6 nitrogen and oxygen atoms in total. The van der Waals surface area contributed by atoms with E-state index in [-0.39, 0.29) is 6.09 Å². The minimum absolute atomic E-state index is 0.202. The Morgan fingerprint density at radius 1 is 1.33 bits per heavy atom. The lowest BCUT2D eigenvalue weighted by Crippen LogP contribution is -2.51. The standard InChI is InChI=1S/C18H31N3O3/c1-15(14-16-6-5-13-23-16)19-7-8-20-9-11-21(12-10-20)17(22)24-18(2,3)4/h5-6,13,15,19H,7-12,14H2,1-4H3. The molecule has 1 atom stereocenters. The van der Waals surface area contributed by atoms with Crippen molar-refractivity contribution < 1.29 is 13.9 Å². The fraction of sp³-hybridized carbons (Fsp3) is 0.722. The largest absolute Gasteiger partial charge is 0.469 e. The predicted octanol–water partition coefficient (Wildman–Crippen LogP) is 2.35. The van der Waals surface area contributed by atoms with E-state index in [0.717, 1.165) is 51.4 Å². The van der Waals surface area contributed by atoms with Crippen molar-refractivity contribution >= 4 is 6.09 Å². The average Bonchev–Trinajstić information content (AvgIpc) is 2.99. The highest BCUT2D eigenvalue weighted by Gasteiger charge is 2.25. The van der Waals surface area contributed by atoms with E-state index in [4.69, 9.17) is 9.15 Å². The summed E-state index contributed by atoms with van der Waals surface area (Å²) in [5.74, 6) is 1.01. The number of carbonyl (C=O) groups excluding carboxylic acids is 1. The normalized spacial score (nSPS) is 17.8. The van der Waals surface area contributed by atoms with Crippen LogP contribution >= 0.6 is 0 Å². The highest BCUT2D eigenvalue weighted by atomic mass is 16.6. The van der Waals surface area contributed by atoms with Gasteiger partial charge < -0.3 is 19.4 Å². The van der Waals surface area contributed by atoms with Gasteiger partial charge in [0, 0.05) is 51.7 Å². The summed E-state index contributed by atoms with van der Waals surface area (Å²) in [7, 11) is 0. The summed E-state index contributed by atoms with van der Waals surface area (Å²) in [5, 5.41) is 3.53. The van der Waals surface area contributed by atoms with Crippen LogP contribution in [-0.4, -0.2) is 66.8 Å². The van der Waals surface area contributed by atoms with E-state index in [1.54, 1.807) is 11.2 Å². The SMILES string of the molecule is CC(Cc1ccco1)NCCN1CCN(C(=O)OC(C)(C)C)CC1. The van der Waals surface area contributed by atoms with Crippen molar-refractivity contribution in [3.63, 3.8) is 0 Å². The second-order valence-corrected chi connectivity index (χ2v) is 7.45. The third kappa shape index (κ3) is 6.53. The number of hydrogen-bond acceptors (Lipinski definition) is 5. The summed E-state index contributed by atoms with van der Waals surface area (Å²) in [5.41, 5.74) is -0.428. The Balaban J connectivity index is 1.60. The molecule has 1 aromatic heterocycles. The summed E-state index contributed by atoms with van der Waals surface area (Å²) in [6.07, 6.45) is 2.42. The van der Waals surface area contributed by atoms with Crippen LogP contribution in [0, 0.1) is 0 Å². The maximum absolute atomic E-state index is 12.0. The van der Waals surface area contributed by atoms with Crippen LogP contribution < -0.4 is 5.32 Å². The van der Waals surface area contributed by atoms with E-state index in [1.165, 1.54) is 0 Å². The molecule has 0 saturated carbocycles. The van der Waals surface area contributed by atoms with Gasteiger partial charge in [-0.15, -0.1) is 0 Å². The summed E-state index contributed by atoms with van der Waals surface area (Å²) >= 11 is 0. The Morgan fingerprint density at radius 3 is 2.62 bits per heavy atom. The molecule has 0 spiro atoms. The maximum Gasteiger partial charge on any atom is 0.410 e. The number of hydrogen-bond donors (Lipinski definition) is 1. The first-order chi connectivity index (χ1) is 11.3. The summed E-state index contributed by atoms with van der Waals surface area (Å²) in [6, 6.07) is 4.32. The van der Waals surface area contributed by atoms with Gasteiger partial charge in [-0.1, -0.05) is 0 Å². The van der Waals surface area contributed by atoms with Crippen LogP contribution in [0.3, 0.4) is 0 Å². The van der Waals surface area contributed by atoms with Gasteiger partial charge in [0.1, 0.15) is 11.4 Å². The Hall–Kier alpha value is -1.53. The van der Waals surface area contributed by atoms with Crippen molar-refractivity contribution in [3.8, 4) is 0 Å². The molecule has 0 bridgehead atoms. The molecule has 0 aromatic carbocycles. The van der Waals surface area contributed by atoms with Gasteiger partial charge in [-0.05, 0) is 39.8 Å². The molecule has 24 heavy (non-hydrogen) atoms. The molecule has 2 rings (SSSR count). The first-order valence-electron chi connectivity index (χ1n) is 8.79. The highest BCUT2D eigenvalue weighted by Crippen LogP contribution is 2.11. The van der Waals surface area contributed by atoms with E-state index in [2.05, 4.69) is 17.1 Å². The first kappa shape index (κ1) is 18.8. The Labute approximate surface area is 145 Å². The molecule has 2 heterocycles. The van der Waals surface area contributed by atoms with Gasteiger partial charge in [-0.3, -0.25) is 4.90 Å². The molecule has 136 valence electrons. The zero-order valence-corrected chi connectivity index (χ0v) is 15.4. The summed E-state index contributed by atoms with van der Waals surface area (Å²) in [4.78, 5) is 16.2. The van der Waals surface area contributed by atoms with Crippen molar-refractivity contribution in [1.29, 1.82) is 0 Å². The predicted molar refractivity (Wildman–Crippen MR) is 94.1 cm³/mol. The van der Waals surface area contributed by atoms with Gasteiger partial charge in [-0.2, -0.15) is 0 Å². The lowest BCUT2D eigenvalue weighted by atomic mass is 10.2. The van der Waals surface area contributed by atoms with Crippen LogP contribution in [0.15, 0.2) is 22.8 Å². The highest BCUT2D eigenvalue weighted by molar-refractivity contribution is 5.68. The lowest BCUT2D eigenvalue weighted by molar-refractivity contribution is 0.0146. The number of rotatable bonds is 6. The first-order valence-corrected chi connectivity index (χ1v) is 8.79. The van der Waals surface area contributed by atoms with E-state index in [9.17, 15) is 4.79 Å². The van der Waals surface area contributed by atoms with E-state index < -0.39 is 5.60 Å². The van der Waals surface area contributed by atoms with E-state index in [1.807, 2.05) is 32.9 Å². The van der Waals surface area contributed by atoms with Crippen LogP contribution in [0.5, 0.6) is 0 Å². The average molecular weight is 337 g/mol. The number of piperazine rings is 1. The molecule has 1 aromatic rings. The van der Waals surface area contributed by atoms with Crippen molar-refractivity contribution in [2.75, 3.05) is 39.3 Å². The van der Waals surface area contributed by atoms with Crippen LogP contribution in [-0.2, 0) is 11.2 Å². The second kappa shape index (κ2) is 8.53. The molecule has 0 aliphatic carbocycles. The molecule has 1 amide bonds. The van der Waals surface area contributed by atoms with Crippen LogP contribution in [0.25, 0.3) is 0 Å². The number of ether oxygens (including phenoxy) is 1. The van der Waals surface area contributed by atoms with Gasteiger partial charge >= 0.3 is 6.09 Å². The number of amides is 1. The van der Waals surface area contributed by atoms with Crippen LogP contribution in [0.2, 0.25) is 0 Å². The van der Waals surface area contributed by atoms with Gasteiger partial charge in [-0.25, -0.2) is 4.79 Å². The van der Waals surface area contributed by atoms with Crippen molar-refractivity contribution in [1.82, 2.24) is 15.1 Å².